The molecule has 0 saturated heterocycles. The van der Waals surface area contributed by atoms with Crippen LogP contribution in [0.3, 0.4) is 0 Å². The monoisotopic (exact) mass is 1900 g/mol. The van der Waals surface area contributed by atoms with Crippen molar-refractivity contribution in [1.29, 1.82) is 0 Å². The van der Waals surface area contributed by atoms with E-state index in [1.54, 1.807) is 160 Å². The van der Waals surface area contributed by atoms with Crippen LogP contribution in [0.25, 0.3) is 73.1 Å². The molecule has 0 unspecified atom stereocenters. The summed E-state index contributed by atoms with van der Waals surface area (Å²) < 4.78 is 84.3. The smallest absolute Gasteiger partial charge is 1.00 e. The summed E-state index contributed by atoms with van der Waals surface area (Å²) in [6, 6.07) is 38.9. The molecular weight excluding hydrogens is 1830 g/mol. The number of aldehydes is 2. The topological polar surface area (TPSA) is 265 Å². The van der Waals surface area contributed by atoms with Gasteiger partial charge in [0.05, 0.1) is 72.1 Å². The number of carbonyl (C=O) groups excluding carboxylic acids is 5. The zero-order chi connectivity index (χ0) is 90.4. The van der Waals surface area contributed by atoms with E-state index in [9.17, 15) is 33.5 Å². The van der Waals surface area contributed by atoms with Crippen LogP contribution in [0, 0.1) is 17.5 Å². The molecule has 649 valence electrons. The third-order valence-electron chi connectivity index (χ3n) is 21.0. The number of hydrogen-bond donors (Lipinski definition) is 3. The number of hydrogen-bond acceptors (Lipinski definition) is 17. The number of methoxy groups -OCH3 is 3. The maximum atomic E-state index is 15.4. The molecule has 0 aliphatic carbocycles. The fourth-order valence-electron chi connectivity index (χ4n) is 13.6. The van der Waals surface area contributed by atoms with Crippen LogP contribution in [-0.2, 0) is 26.4 Å². The third kappa shape index (κ3) is 20.2. The zero-order valence-corrected chi connectivity index (χ0v) is 79.3. The van der Waals surface area contributed by atoms with Crippen LogP contribution in [0.15, 0.2) is 150 Å². The number of nitrogens with zero attached hydrogens (tertiary/aromatic N) is 9. The van der Waals surface area contributed by atoms with Gasteiger partial charge in [-0.15, -0.1) is 0 Å². The summed E-state index contributed by atoms with van der Waals surface area (Å²) in [5.74, 6) is 0.0664. The summed E-state index contributed by atoms with van der Waals surface area (Å²) in [5.41, 5.74) is 7.70. The standard InChI is InChI=1S/C30H28Cl2FN3O4.C30H26Cl2FN3O4.C23H22BrCl2N3O3.C7H6BFO3.B.Na.H/c2*1-30(2,3)35(4)29(38)27-23-15-40-25-13-24(39-5)21(20-8-6-7-16(14-37)26(20)33)12-22(25)28(23)36(34-27)19-10-17(31)9-18(32)11-19;1-23(2,3)28(4)22(30)20-16-11-32-18-10-19(31-5)17(24)9-15(18)21(16)29(27-20)14-7-12(25)6-13(26)8-14;9-7-5(4-10)2-1-3-6(7)8(11)12;;;/h6-13,37H,14-15H2,1-5H3;6-14H,15H2,1-5H3;6-10H,11H2,1-5H3;1-4,11-12H;;;/q;;;;;+1;-1. The molecule has 0 saturated carbocycles. The number of aliphatic hydroxyl groups is 1. The van der Waals surface area contributed by atoms with E-state index in [0.717, 1.165) is 15.7 Å². The van der Waals surface area contributed by atoms with Crippen LogP contribution in [0.5, 0.6) is 34.5 Å². The van der Waals surface area contributed by atoms with Crippen molar-refractivity contribution >= 4 is 137 Å². The Morgan fingerprint density at radius 3 is 1.10 bits per heavy atom. The van der Waals surface area contributed by atoms with Crippen molar-refractivity contribution < 1.29 is 112 Å². The number of amides is 3. The van der Waals surface area contributed by atoms with Gasteiger partial charge in [-0.3, -0.25) is 24.0 Å². The minimum atomic E-state index is -1.88. The summed E-state index contributed by atoms with van der Waals surface area (Å²) >= 11 is 41.5. The number of carbonyl (C=O) groups is 5. The second kappa shape index (κ2) is 39.8. The summed E-state index contributed by atoms with van der Waals surface area (Å²) in [5, 5.41) is 43.6. The Morgan fingerprint density at radius 1 is 0.468 bits per heavy atom. The van der Waals surface area contributed by atoms with E-state index in [1.165, 1.54) is 44.6 Å². The van der Waals surface area contributed by atoms with Gasteiger partial charge < -0.3 is 59.7 Å². The fourth-order valence-corrected chi connectivity index (χ4v) is 15.6. The molecule has 3 N–H and O–H groups in total. The molecule has 9 aromatic carbocycles. The molecular formula is C90H83B2BrCl6F3N9NaO14. The van der Waals surface area contributed by atoms with Crippen molar-refractivity contribution in [3.63, 3.8) is 0 Å². The van der Waals surface area contributed by atoms with Crippen LogP contribution < -0.4 is 63.4 Å². The Morgan fingerprint density at radius 2 is 0.778 bits per heavy atom. The number of fused-ring (bicyclic) bond motifs is 9. The van der Waals surface area contributed by atoms with E-state index >= 15 is 8.78 Å². The number of rotatable bonds is 15. The van der Waals surface area contributed by atoms with Gasteiger partial charge in [-0.2, -0.15) is 15.3 Å². The SMILES string of the molecule is COc1cc2c(cc1-c1cccc(C=O)c1F)-c1c(c(C(=O)N(C)C(C)(C)C)nn1-c1cc(Cl)cc(Cl)c1)CO2.COc1cc2c(cc1-c1cccc(CO)c1F)-c1c(c(C(=O)N(C)C(C)(C)C)nn1-c1cc(Cl)cc(Cl)c1)CO2.COc1cc2c(cc1Br)-c1c(c(C(=O)N(C)C(C)(C)C)nn1-c1cc(Cl)cc(Cl)c1)CO2.O=Cc1cccc(B(O)O)c1F.[B].[H-].[Na+]. The first kappa shape index (κ1) is 98.4. The van der Waals surface area contributed by atoms with E-state index < -0.39 is 42.3 Å². The Kier molecular flexibility index (Phi) is 31.1. The maximum Gasteiger partial charge on any atom is 1.00 e. The van der Waals surface area contributed by atoms with Gasteiger partial charge in [0.1, 0.15) is 71.8 Å². The number of benzene rings is 9. The molecule has 36 heteroatoms. The molecule has 0 atom stereocenters. The Balaban J connectivity index is 0.000000200. The minimum Gasteiger partial charge on any atom is -1.00 e. The van der Waals surface area contributed by atoms with Gasteiger partial charge in [0, 0.05) is 167 Å². The van der Waals surface area contributed by atoms with E-state index in [4.69, 9.17) is 123 Å². The summed E-state index contributed by atoms with van der Waals surface area (Å²) in [4.78, 5) is 67.4. The van der Waals surface area contributed by atoms with E-state index in [1.807, 2.05) is 74.4 Å². The minimum absolute atomic E-state index is 0. The van der Waals surface area contributed by atoms with Crippen molar-refractivity contribution in [3.05, 3.63) is 248 Å². The molecule has 23 nitrogen and oxygen atoms in total. The molecule has 12 aromatic rings. The summed E-state index contributed by atoms with van der Waals surface area (Å²) in [7, 11) is 7.88. The summed E-state index contributed by atoms with van der Waals surface area (Å²) in [6.07, 6.45) is 0.785. The first-order chi connectivity index (χ1) is 58.5. The molecule has 126 heavy (non-hydrogen) atoms. The Hall–Kier alpha value is -9.82. The molecule has 0 fully saturated rings. The predicted molar refractivity (Wildman–Crippen MR) is 484 cm³/mol. The third-order valence-corrected chi connectivity index (χ3v) is 22.9. The maximum absolute atomic E-state index is 15.4. The Labute approximate surface area is 789 Å². The van der Waals surface area contributed by atoms with Crippen LogP contribution in [0.1, 0.15) is 138 Å². The number of ether oxygens (including phenoxy) is 6. The molecule has 3 radical (unpaired) electrons. The van der Waals surface area contributed by atoms with Crippen molar-refractivity contribution in [1.82, 2.24) is 44.0 Å². The molecule has 3 aromatic heterocycles. The van der Waals surface area contributed by atoms with Gasteiger partial charge >= 0.3 is 36.7 Å². The van der Waals surface area contributed by atoms with E-state index in [0.29, 0.717) is 150 Å². The molecule has 15 rings (SSSR count). The zero-order valence-electron chi connectivity index (χ0n) is 72.1. The van der Waals surface area contributed by atoms with Crippen molar-refractivity contribution in [2.75, 3.05) is 42.5 Å². The first-order valence-electron chi connectivity index (χ1n) is 38.1. The molecule has 3 amide bonds. The molecule has 3 aliphatic heterocycles. The van der Waals surface area contributed by atoms with E-state index in [-0.39, 0.29) is 127 Å². The van der Waals surface area contributed by atoms with Crippen LogP contribution in [-0.4, -0.2) is 164 Å². The van der Waals surface area contributed by atoms with Gasteiger partial charge in [0.15, 0.2) is 29.7 Å². The van der Waals surface area contributed by atoms with Crippen molar-refractivity contribution in [2.24, 2.45) is 0 Å². The second-order valence-electron chi connectivity index (χ2n) is 31.7. The van der Waals surface area contributed by atoms with Gasteiger partial charge in [0.25, 0.3) is 17.7 Å². The molecule has 0 spiro atoms. The largest absolute Gasteiger partial charge is 1.00 e. The fraction of sp³-hybridized carbons (Fsp3) is 0.244. The van der Waals surface area contributed by atoms with Gasteiger partial charge in [-0.1, -0.05) is 112 Å². The number of aromatic nitrogens is 6. The van der Waals surface area contributed by atoms with Crippen molar-refractivity contribution in [3.8, 4) is 108 Å². The molecule has 6 heterocycles. The first-order valence-corrected chi connectivity index (χ1v) is 41.2. The van der Waals surface area contributed by atoms with Gasteiger partial charge in [-0.25, -0.2) is 27.2 Å². The summed E-state index contributed by atoms with van der Waals surface area (Å²) in [6.45, 7) is 17.4. The molecule has 0 bridgehead atoms. The van der Waals surface area contributed by atoms with Crippen LogP contribution >= 0.6 is 85.5 Å². The predicted octanol–water partition coefficient (Wildman–Crippen LogP) is 16.6. The average Bonchev–Trinajstić information content (AvgIpc) is 1.60. The molecule has 3 aliphatic rings. The second-order valence-corrected chi connectivity index (χ2v) is 35.2. The number of aliphatic hydroxyl groups excluding tert-OH is 1. The Bertz CT molecular complexity index is 6210. The van der Waals surface area contributed by atoms with Crippen LogP contribution in [0.4, 0.5) is 13.2 Å². The van der Waals surface area contributed by atoms with Gasteiger partial charge in [0.2, 0.25) is 0 Å². The van der Waals surface area contributed by atoms with Gasteiger partial charge in [-0.05, 0) is 163 Å². The van der Waals surface area contributed by atoms with E-state index in [2.05, 4.69) is 15.9 Å². The normalized spacial score (nSPS) is 12.0. The van der Waals surface area contributed by atoms with Crippen LogP contribution in [0.2, 0.25) is 30.1 Å². The number of halogens is 10. The van der Waals surface area contributed by atoms with Crippen molar-refractivity contribution in [2.45, 2.75) is 105 Å². The quantitative estimate of drug-likeness (QED) is 0.0636. The average molecular weight is 1910 g/mol.